The second-order valence-corrected chi connectivity index (χ2v) is 5.36. The van der Waals surface area contributed by atoms with E-state index in [-0.39, 0.29) is 27.6 Å². The number of anilines is 1. The van der Waals surface area contributed by atoms with Crippen molar-refractivity contribution in [3.8, 4) is 0 Å². The Morgan fingerprint density at radius 3 is 2.76 bits per heavy atom. The van der Waals surface area contributed by atoms with Crippen LogP contribution >= 0.6 is 39.1 Å². The third kappa shape index (κ3) is 2.44. The zero-order valence-corrected chi connectivity index (χ0v) is 11.8. The fourth-order valence-corrected chi connectivity index (χ4v) is 2.58. The van der Waals surface area contributed by atoms with Crippen LogP contribution in [0.5, 0.6) is 0 Å². The van der Waals surface area contributed by atoms with Gasteiger partial charge in [0.05, 0.1) is 15.7 Å². The SMILES string of the molecule is O=C1CC(CBr)CN1c1ccc(Cl)c(Cl)c1F. The van der Waals surface area contributed by atoms with Crippen LogP contribution < -0.4 is 4.90 Å². The van der Waals surface area contributed by atoms with Crippen LogP contribution in [-0.2, 0) is 4.79 Å². The number of amides is 1. The molecule has 1 fully saturated rings. The number of halogens is 4. The molecule has 1 aromatic rings. The summed E-state index contributed by atoms with van der Waals surface area (Å²) in [7, 11) is 0. The van der Waals surface area contributed by atoms with Crippen LogP contribution in [0.25, 0.3) is 0 Å². The Morgan fingerprint density at radius 1 is 1.47 bits per heavy atom. The molecular weight excluding hydrogens is 332 g/mol. The van der Waals surface area contributed by atoms with Gasteiger partial charge in [0, 0.05) is 18.3 Å². The van der Waals surface area contributed by atoms with Crippen molar-refractivity contribution in [2.45, 2.75) is 6.42 Å². The van der Waals surface area contributed by atoms with Crippen molar-refractivity contribution in [2.75, 3.05) is 16.8 Å². The minimum atomic E-state index is -0.636. The average Bonchev–Trinajstić information content (AvgIpc) is 2.68. The summed E-state index contributed by atoms with van der Waals surface area (Å²) in [6.45, 7) is 0.499. The molecule has 0 spiro atoms. The summed E-state index contributed by atoms with van der Waals surface area (Å²) in [6, 6.07) is 2.98. The van der Waals surface area contributed by atoms with E-state index in [4.69, 9.17) is 23.2 Å². The van der Waals surface area contributed by atoms with E-state index >= 15 is 0 Å². The first kappa shape index (κ1) is 13.1. The van der Waals surface area contributed by atoms with E-state index < -0.39 is 5.82 Å². The Bertz CT molecular complexity index is 469. The van der Waals surface area contributed by atoms with Gasteiger partial charge >= 0.3 is 0 Å². The van der Waals surface area contributed by atoms with Crippen molar-refractivity contribution in [3.05, 3.63) is 28.0 Å². The first-order chi connectivity index (χ1) is 8.04. The molecule has 17 heavy (non-hydrogen) atoms. The molecule has 2 nitrogen and oxygen atoms in total. The second-order valence-electron chi connectivity index (χ2n) is 3.92. The van der Waals surface area contributed by atoms with Gasteiger partial charge in [-0.25, -0.2) is 4.39 Å². The third-order valence-corrected chi connectivity index (χ3v) is 4.43. The molecule has 0 N–H and O–H groups in total. The summed E-state index contributed by atoms with van der Waals surface area (Å²) >= 11 is 14.8. The molecule has 1 saturated heterocycles. The molecule has 1 aromatic carbocycles. The molecule has 1 atom stereocenters. The van der Waals surface area contributed by atoms with Gasteiger partial charge in [-0.2, -0.15) is 0 Å². The number of carbonyl (C=O) groups excluding carboxylic acids is 1. The lowest BCUT2D eigenvalue weighted by Gasteiger charge is -2.18. The molecule has 92 valence electrons. The molecule has 0 saturated carbocycles. The molecular formula is C11H9BrCl2FNO. The number of hydrogen-bond donors (Lipinski definition) is 0. The van der Waals surface area contributed by atoms with Crippen LogP contribution in [0.3, 0.4) is 0 Å². The second kappa shape index (κ2) is 5.12. The molecule has 1 amide bonds. The highest BCUT2D eigenvalue weighted by atomic mass is 79.9. The smallest absolute Gasteiger partial charge is 0.227 e. The molecule has 0 aliphatic carbocycles. The molecule has 0 radical (unpaired) electrons. The van der Waals surface area contributed by atoms with Crippen molar-refractivity contribution in [1.82, 2.24) is 0 Å². The van der Waals surface area contributed by atoms with E-state index in [0.29, 0.717) is 13.0 Å². The molecule has 1 aliphatic heterocycles. The molecule has 0 aromatic heterocycles. The lowest BCUT2D eigenvalue weighted by molar-refractivity contribution is -0.117. The van der Waals surface area contributed by atoms with Gasteiger partial charge in [-0.05, 0) is 18.1 Å². The van der Waals surface area contributed by atoms with Gasteiger partial charge < -0.3 is 4.90 Å². The summed E-state index contributed by atoms with van der Waals surface area (Å²) in [5, 5.41) is 0.730. The summed E-state index contributed by atoms with van der Waals surface area (Å²) < 4.78 is 13.9. The molecule has 1 aliphatic rings. The van der Waals surface area contributed by atoms with Crippen molar-refractivity contribution in [1.29, 1.82) is 0 Å². The van der Waals surface area contributed by atoms with Crippen LogP contribution in [0.1, 0.15) is 6.42 Å². The van der Waals surface area contributed by atoms with Gasteiger partial charge in [-0.15, -0.1) is 0 Å². The van der Waals surface area contributed by atoms with Crippen molar-refractivity contribution in [2.24, 2.45) is 5.92 Å². The van der Waals surface area contributed by atoms with Crippen LogP contribution in [0.2, 0.25) is 10.0 Å². The maximum Gasteiger partial charge on any atom is 0.227 e. The predicted molar refractivity (Wildman–Crippen MR) is 70.7 cm³/mol. The zero-order valence-electron chi connectivity index (χ0n) is 8.72. The highest BCUT2D eigenvalue weighted by Gasteiger charge is 2.32. The minimum absolute atomic E-state index is 0.0910. The third-order valence-electron chi connectivity index (χ3n) is 2.73. The number of hydrogen-bond acceptors (Lipinski definition) is 1. The highest BCUT2D eigenvalue weighted by Crippen LogP contribution is 2.34. The Hall–Kier alpha value is -0.320. The number of alkyl halides is 1. The topological polar surface area (TPSA) is 20.3 Å². The Kier molecular flexibility index (Phi) is 3.95. The van der Waals surface area contributed by atoms with Crippen LogP contribution in [0.4, 0.5) is 10.1 Å². The Labute approximate surface area is 117 Å². The van der Waals surface area contributed by atoms with E-state index in [1.54, 1.807) is 0 Å². The van der Waals surface area contributed by atoms with Gasteiger partial charge in [-0.1, -0.05) is 39.1 Å². The summed E-state index contributed by atoms with van der Waals surface area (Å²) in [5.74, 6) is -0.522. The molecule has 6 heteroatoms. The maximum absolute atomic E-state index is 13.9. The van der Waals surface area contributed by atoms with E-state index in [1.807, 2.05) is 0 Å². The number of rotatable bonds is 2. The normalized spacial score (nSPS) is 20.1. The summed E-state index contributed by atoms with van der Waals surface area (Å²) in [6.07, 6.45) is 0.422. The van der Waals surface area contributed by atoms with E-state index in [2.05, 4.69) is 15.9 Å². The number of benzene rings is 1. The largest absolute Gasteiger partial charge is 0.309 e. The van der Waals surface area contributed by atoms with Crippen LogP contribution in [-0.4, -0.2) is 17.8 Å². The summed E-state index contributed by atoms with van der Waals surface area (Å²) in [5.41, 5.74) is 0.202. The Morgan fingerprint density at radius 2 is 2.18 bits per heavy atom. The Balaban J connectivity index is 2.35. The molecule has 0 bridgehead atoms. The lowest BCUT2D eigenvalue weighted by atomic mass is 10.2. The number of nitrogens with zero attached hydrogens (tertiary/aromatic N) is 1. The average molecular weight is 341 g/mol. The first-order valence-corrected chi connectivity index (χ1v) is 6.92. The minimum Gasteiger partial charge on any atom is -0.309 e. The van der Waals surface area contributed by atoms with Gasteiger partial charge in [0.2, 0.25) is 5.91 Å². The van der Waals surface area contributed by atoms with E-state index in [1.165, 1.54) is 17.0 Å². The van der Waals surface area contributed by atoms with Crippen LogP contribution in [0.15, 0.2) is 12.1 Å². The number of carbonyl (C=O) groups is 1. The van der Waals surface area contributed by atoms with Gasteiger partial charge in [0.15, 0.2) is 5.82 Å². The quantitative estimate of drug-likeness (QED) is 0.591. The molecule has 2 rings (SSSR count). The lowest BCUT2D eigenvalue weighted by Crippen LogP contribution is -2.25. The van der Waals surface area contributed by atoms with Gasteiger partial charge in [0.1, 0.15) is 0 Å². The standard InChI is InChI=1S/C11H9BrCl2FNO/c12-4-6-3-9(17)16(5-6)8-2-1-7(13)10(14)11(8)15/h1-2,6H,3-5H2. The zero-order chi connectivity index (χ0) is 12.6. The first-order valence-electron chi connectivity index (χ1n) is 5.04. The molecule has 1 heterocycles. The maximum atomic E-state index is 13.9. The fraction of sp³-hybridized carbons (Fsp3) is 0.364. The monoisotopic (exact) mass is 339 g/mol. The van der Waals surface area contributed by atoms with Crippen LogP contribution in [0, 0.1) is 11.7 Å². The molecule has 1 unspecified atom stereocenters. The van der Waals surface area contributed by atoms with E-state index in [9.17, 15) is 9.18 Å². The van der Waals surface area contributed by atoms with Gasteiger partial charge in [-0.3, -0.25) is 4.79 Å². The van der Waals surface area contributed by atoms with Crippen molar-refractivity contribution >= 4 is 50.7 Å². The fourth-order valence-electron chi connectivity index (χ4n) is 1.84. The van der Waals surface area contributed by atoms with Crippen molar-refractivity contribution < 1.29 is 9.18 Å². The predicted octanol–water partition coefficient (Wildman–Crippen LogP) is 3.88. The van der Waals surface area contributed by atoms with E-state index in [0.717, 1.165) is 5.33 Å². The summed E-state index contributed by atoms with van der Waals surface area (Å²) in [4.78, 5) is 13.2. The van der Waals surface area contributed by atoms with Crippen molar-refractivity contribution in [3.63, 3.8) is 0 Å². The highest BCUT2D eigenvalue weighted by molar-refractivity contribution is 9.09. The van der Waals surface area contributed by atoms with Gasteiger partial charge in [0.25, 0.3) is 0 Å².